The molecule has 0 radical (unpaired) electrons. The number of rotatable bonds is 2. The summed E-state index contributed by atoms with van der Waals surface area (Å²) in [5, 5.41) is 6.97. The lowest BCUT2D eigenvalue weighted by molar-refractivity contribution is 0.0669. The van der Waals surface area contributed by atoms with Gasteiger partial charge in [-0.25, -0.2) is 4.63 Å². The summed E-state index contributed by atoms with van der Waals surface area (Å²) in [7, 11) is 1.79. The maximum Gasteiger partial charge on any atom is 0.280 e. The van der Waals surface area contributed by atoms with E-state index >= 15 is 0 Å². The smallest absolute Gasteiger partial charge is 0.280 e. The normalized spacial score (nSPS) is 24.6. The van der Waals surface area contributed by atoms with E-state index < -0.39 is 0 Å². The fourth-order valence-electron chi connectivity index (χ4n) is 2.31. The Morgan fingerprint density at radius 1 is 1.35 bits per heavy atom. The second kappa shape index (κ2) is 4.73. The first-order chi connectivity index (χ1) is 8.09. The summed E-state index contributed by atoms with van der Waals surface area (Å²) in [6.07, 6.45) is 4.40. The number of aromatic nitrogens is 2. The van der Waals surface area contributed by atoms with Gasteiger partial charge in [0.25, 0.3) is 5.91 Å². The molecule has 17 heavy (non-hydrogen) atoms. The van der Waals surface area contributed by atoms with Crippen molar-refractivity contribution in [3.63, 3.8) is 0 Å². The molecule has 6 heteroatoms. The molecule has 0 aromatic carbocycles. The molecule has 0 spiro atoms. The van der Waals surface area contributed by atoms with E-state index in [9.17, 15) is 4.79 Å². The molecule has 1 aromatic rings. The molecule has 1 aromatic heterocycles. The predicted molar refractivity (Wildman–Crippen MR) is 62.2 cm³/mol. The van der Waals surface area contributed by atoms with E-state index in [2.05, 4.69) is 21.9 Å². The predicted octanol–water partition coefficient (Wildman–Crippen LogP) is 1.30. The van der Waals surface area contributed by atoms with E-state index in [1.165, 1.54) is 0 Å². The summed E-state index contributed by atoms with van der Waals surface area (Å²) < 4.78 is 4.45. The minimum absolute atomic E-state index is 0.0611. The van der Waals surface area contributed by atoms with Gasteiger partial charge < -0.3 is 10.6 Å². The summed E-state index contributed by atoms with van der Waals surface area (Å²) in [5.41, 5.74) is 5.63. The Kier molecular flexibility index (Phi) is 3.31. The van der Waals surface area contributed by atoms with Crippen LogP contribution in [0.15, 0.2) is 4.63 Å². The highest BCUT2D eigenvalue weighted by Gasteiger charge is 2.28. The van der Waals surface area contributed by atoms with Crippen molar-refractivity contribution in [2.24, 2.45) is 5.92 Å². The highest BCUT2D eigenvalue weighted by Crippen LogP contribution is 2.27. The maximum atomic E-state index is 12.1. The SMILES string of the molecule is CC1CCC(N(C)C(=O)c2nonc2N)CC1. The molecule has 0 saturated heterocycles. The molecular formula is C11H18N4O2. The van der Waals surface area contributed by atoms with Crippen LogP contribution in [0.2, 0.25) is 0 Å². The highest BCUT2D eigenvalue weighted by molar-refractivity contribution is 5.96. The fourth-order valence-corrected chi connectivity index (χ4v) is 2.31. The van der Waals surface area contributed by atoms with Crippen LogP contribution in [-0.4, -0.2) is 34.2 Å². The van der Waals surface area contributed by atoms with Gasteiger partial charge in [0.15, 0.2) is 0 Å². The molecule has 1 saturated carbocycles. The summed E-state index contributed by atoms with van der Waals surface area (Å²) in [6, 6.07) is 0.273. The van der Waals surface area contributed by atoms with Gasteiger partial charge >= 0.3 is 0 Å². The minimum Gasteiger partial charge on any atom is -0.379 e. The lowest BCUT2D eigenvalue weighted by Gasteiger charge is -2.33. The van der Waals surface area contributed by atoms with Crippen molar-refractivity contribution in [2.45, 2.75) is 38.6 Å². The number of carbonyl (C=O) groups is 1. The van der Waals surface area contributed by atoms with Gasteiger partial charge in [0.1, 0.15) is 0 Å². The maximum absolute atomic E-state index is 12.1. The van der Waals surface area contributed by atoms with Crippen molar-refractivity contribution in [2.75, 3.05) is 12.8 Å². The van der Waals surface area contributed by atoms with Crippen molar-refractivity contribution < 1.29 is 9.42 Å². The molecule has 0 unspecified atom stereocenters. The monoisotopic (exact) mass is 238 g/mol. The van der Waals surface area contributed by atoms with Gasteiger partial charge in [-0.05, 0) is 41.9 Å². The quantitative estimate of drug-likeness (QED) is 0.839. The molecule has 0 bridgehead atoms. The van der Waals surface area contributed by atoms with E-state index in [1.807, 2.05) is 0 Å². The lowest BCUT2D eigenvalue weighted by atomic mass is 9.86. The average molecular weight is 238 g/mol. The van der Waals surface area contributed by atoms with Crippen LogP contribution in [0.5, 0.6) is 0 Å². The first-order valence-corrected chi connectivity index (χ1v) is 5.94. The molecule has 1 aliphatic rings. The van der Waals surface area contributed by atoms with Gasteiger partial charge in [0.05, 0.1) is 0 Å². The Hall–Kier alpha value is -1.59. The van der Waals surface area contributed by atoms with Crippen LogP contribution in [0.25, 0.3) is 0 Å². The van der Waals surface area contributed by atoms with Crippen molar-refractivity contribution in [1.29, 1.82) is 0 Å². The molecule has 1 aliphatic carbocycles. The van der Waals surface area contributed by atoms with E-state index in [0.29, 0.717) is 0 Å². The Labute approximate surface area is 100 Å². The van der Waals surface area contributed by atoms with Crippen molar-refractivity contribution in [1.82, 2.24) is 15.2 Å². The molecule has 0 aliphatic heterocycles. The average Bonchev–Trinajstić information content (AvgIpc) is 2.74. The van der Waals surface area contributed by atoms with E-state index in [-0.39, 0.29) is 23.5 Å². The Bertz CT molecular complexity index is 396. The van der Waals surface area contributed by atoms with Gasteiger partial charge in [-0.1, -0.05) is 6.92 Å². The molecule has 2 rings (SSSR count). The fraction of sp³-hybridized carbons (Fsp3) is 0.727. The topological polar surface area (TPSA) is 85.2 Å². The van der Waals surface area contributed by atoms with Gasteiger partial charge in [-0.15, -0.1) is 0 Å². The van der Waals surface area contributed by atoms with Crippen LogP contribution in [0.3, 0.4) is 0 Å². The number of hydrogen-bond acceptors (Lipinski definition) is 5. The minimum atomic E-state index is -0.205. The van der Waals surface area contributed by atoms with Crippen LogP contribution in [0.1, 0.15) is 43.1 Å². The third-order valence-electron chi connectivity index (χ3n) is 3.57. The lowest BCUT2D eigenvalue weighted by Crippen LogP contribution is -2.39. The number of anilines is 1. The number of carbonyl (C=O) groups excluding carboxylic acids is 1. The third kappa shape index (κ3) is 2.40. The van der Waals surface area contributed by atoms with E-state index in [0.717, 1.165) is 31.6 Å². The van der Waals surface area contributed by atoms with Gasteiger partial charge in [-0.3, -0.25) is 4.79 Å². The number of nitrogen functional groups attached to an aromatic ring is 1. The molecule has 2 N–H and O–H groups in total. The van der Waals surface area contributed by atoms with Crippen LogP contribution >= 0.6 is 0 Å². The summed E-state index contributed by atoms with van der Waals surface area (Å²) >= 11 is 0. The second-order valence-corrected chi connectivity index (χ2v) is 4.83. The number of nitrogens with zero attached hydrogens (tertiary/aromatic N) is 3. The zero-order chi connectivity index (χ0) is 12.4. The van der Waals surface area contributed by atoms with Gasteiger partial charge in [0.2, 0.25) is 11.5 Å². The first kappa shape index (κ1) is 11.9. The highest BCUT2D eigenvalue weighted by atomic mass is 16.6. The molecule has 1 fully saturated rings. The second-order valence-electron chi connectivity index (χ2n) is 4.83. The van der Waals surface area contributed by atoms with E-state index in [1.54, 1.807) is 11.9 Å². The van der Waals surface area contributed by atoms with Gasteiger partial charge in [-0.2, -0.15) is 0 Å². The molecule has 6 nitrogen and oxygen atoms in total. The molecule has 0 atom stereocenters. The van der Waals surface area contributed by atoms with Crippen molar-refractivity contribution >= 4 is 11.7 Å². The van der Waals surface area contributed by atoms with Crippen LogP contribution < -0.4 is 5.73 Å². The largest absolute Gasteiger partial charge is 0.379 e. The zero-order valence-corrected chi connectivity index (χ0v) is 10.2. The Balaban J connectivity index is 2.03. The first-order valence-electron chi connectivity index (χ1n) is 5.94. The molecular weight excluding hydrogens is 220 g/mol. The molecule has 94 valence electrons. The molecule has 1 heterocycles. The van der Waals surface area contributed by atoms with Crippen LogP contribution in [-0.2, 0) is 0 Å². The Morgan fingerprint density at radius 3 is 2.53 bits per heavy atom. The van der Waals surface area contributed by atoms with Crippen LogP contribution in [0, 0.1) is 5.92 Å². The van der Waals surface area contributed by atoms with Gasteiger partial charge in [0, 0.05) is 13.1 Å². The summed E-state index contributed by atoms with van der Waals surface area (Å²) in [5.74, 6) is 0.614. The van der Waals surface area contributed by atoms with Crippen molar-refractivity contribution in [3.05, 3.63) is 5.69 Å². The number of hydrogen-bond donors (Lipinski definition) is 1. The number of nitrogens with two attached hydrogens (primary N) is 1. The molecule has 1 amide bonds. The van der Waals surface area contributed by atoms with Crippen molar-refractivity contribution in [3.8, 4) is 0 Å². The third-order valence-corrected chi connectivity index (χ3v) is 3.57. The van der Waals surface area contributed by atoms with Crippen LogP contribution in [0.4, 0.5) is 5.82 Å². The standard InChI is InChI=1S/C11H18N4O2/c1-7-3-5-8(6-4-7)15(2)11(16)9-10(12)14-17-13-9/h7-8H,3-6H2,1-2H3,(H2,12,14). The summed E-state index contributed by atoms with van der Waals surface area (Å²) in [4.78, 5) is 13.8. The number of amides is 1. The zero-order valence-electron chi connectivity index (χ0n) is 10.2. The Morgan fingerprint density at radius 2 is 2.00 bits per heavy atom. The van der Waals surface area contributed by atoms with E-state index in [4.69, 9.17) is 5.73 Å². The summed E-state index contributed by atoms with van der Waals surface area (Å²) in [6.45, 7) is 2.25.